The lowest BCUT2D eigenvalue weighted by molar-refractivity contribution is 0.103. The molecule has 0 N–H and O–H groups in total. The molecule has 1 aromatic heterocycles. The molecule has 1 saturated carbocycles. The molecule has 0 atom stereocenters. The largest absolute Gasteiger partial charge is 0.297 e. The molecule has 1 saturated heterocycles. The van der Waals surface area contributed by atoms with E-state index >= 15 is 0 Å². The van der Waals surface area contributed by atoms with Crippen LogP contribution < -0.4 is 0 Å². The fourth-order valence-electron chi connectivity index (χ4n) is 4.84. The third-order valence-corrected chi connectivity index (χ3v) is 6.69. The highest BCUT2D eigenvalue weighted by Crippen LogP contribution is 2.46. The Morgan fingerprint density at radius 1 is 0.923 bits per heavy atom. The van der Waals surface area contributed by atoms with E-state index in [0.717, 1.165) is 6.54 Å². The number of benzene rings is 1. The minimum Gasteiger partial charge on any atom is -0.297 e. The third kappa shape index (κ3) is 3.86. The van der Waals surface area contributed by atoms with Crippen molar-refractivity contribution in [3.63, 3.8) is 0 Å². The van der Waals surface area contributed by atoms with Gasteiger partial charge in [0.25, 0.3) is 0 Å². The molecule has 1 aromatic carbocycles. The Labute approximate surface area is 158 Å². The van der Waals surface area contributed by atoms with E-state index in [9.17, 15) is 0 Å². The van der Waals surface area contributed by atoms with Crippen LogP contribution in [-0.4, -0.2) is 23.0 Å². The maximum absolute atomic E-state index is 4.65. The van der Waals surface area contributed by atoms with E-state index in [2.05, 4.69) is 60.1 Å². The van der Waals surface area contributed by atoms with Gasteiger partial charge in [0.15, 0.2) is 0 Å². The molecule has 0 amide bonds. The lowest BCUT2D eigenvalue weighted by atomic mass is 9.77. The molecule has 2 fully saturated rings. The molecule has 0 bridgehead atoms. The van der Waals surface area contributed by atoms with Crippen LogP contribution in [0, 0.1) is 5.41 Å². The van der Waals surface area contributed by atoms with Gasteiger partial charge in [-0.1, -0.05) is 51.0 Å². The van der Waals surface area contributed by atoms with Gasteiger partial charge in [0.2, 0.25) is 0 Å². The molecule has 2 aliphatic rings. The molecule has 2 nitrogen and oxygen atoms in total. The second-order valence-corrected chi connectivity index (χ2v) is 8.80. The maximum Gasteiger partial charge on any atom is 0.0550 e. The van der Waals surface area contributed by atoms with E-state index in [1.165, 1.54) is 74.0 Å². The van der Waals surface area contributed by atoms with Crippen molar-refractivity contribution in [3.05, 3.63) is 53.9 Å². The van der Waals surface area contributed by atoms with E-state index in [0.29, 0.717) is 11.3 Å². The molecule has 2 heteroatoms. The van der Waals surface area contributed by atoms with Crippen molar-refractivity contribution in [1.82, 2.24) is 9.88 Å². The molecule has 1 aliphatic carbocycles. The zero-order chi connectivity index (χ0) is 18.0. The quantitative estimate of drug-likeness (QED) is 0.671. The van der Waals surface area contributed by atoms with Gasteiger partial charge in [0.05, 0.1) is 5.69 Å². The molecular weight excluding hydrogens is 316 g/mol. The Kier molecular flexibility index (Phi) is 5.13. The summed E-state index contributed by atoms with van der Waals surface area (Å²) in [5.74, 6) is 0.583. The smallest absolute Gasteiger partial charge is 0.0550 e. The number of aromatic nitrogens is 1. The van der Waals surface area contributed by atoms with E-state index in [1.54, 1.807) is 0 Å². The van der Waals surface area contributed by atoms with Crippen LogP contribution in [-0.2, 0) is 6.54 Å². The predicted octanol–water partition coefficient (Wildman–Crippen LogP) is 6.03. The minimum absolute atomic E-state index is 0.583. The summed E-state index contributed by atoms with van der Waals surface area (Å²) >= 11 is 0. The summed E-state index contributed by atoms with van der Waals surface area (Å²) in [6.07, 6.45) is 10.6. The molecule has 26 heavy (non-hydrogen) atoms. The molecule has 1 aliphatic heterocycles. The highest BCUT2D eigenvalue weighted by molar-refractivity contribution is 5.63. The zero-order valence-electron chi connectivity index (χ0n) is 16.4. The number of piperidine rings is 1. The van der Waals surface area contributed by atoms with Gasteiger partial charge in [0, 0.05) is 12.7 Å². The van der Waals surface area contributed by atoms with Crippen molar-refractivity contribution in [2.24, 2.45) is 5.41 Å². The molecule has 0 unspecified atom stereocenters. The van der Waals surface area contributed by atoms with E-state index in [1.807, 2.05) is 6.20 Å². The van der Waals surface area contributed by atoms with Crippen molar-refractivity contribution in [1.29, 1.82) is 0 Å². The van der Waals surface area contributed by atoms with Crippen LogP contribution in [0.3, 0.4) is 0 Å². The van der Waals surface area contributed by atoms with E-state index < -0.39 is 0 Å². The summed E-state index contributed by atoms with van der Waals surface area (Å²) in [4.78, 5) is 7.26. The molecule has 4 rings (SSSR count). The Hall–Kier alpha value is -1.67. The molecule has 2 heterocycles. The first kappa shape index (κ1) is 17.7. The van der Waals surface area contributed by atoms with Gasteiger partial charge in [-0.15, -0.1) is 0 Å². The Balaban J connectivity index is 1.41. The van der Waals surface area contributed by atoms with Crippen LogP contribution in [0.2, 0.25) is 0 Å². The summed E-state index contributed by atoms with van der Waals surface area (Å²) in [5, 5.41) is 0. The summed E-state index contributed by atoms with van der Waals surface area (Å²) in [6, 6.07) is 13.4. The summed E-state index contributed by atoms with van der Waals surface area (Å²) in [5.41, 5.74) is 5.88. The highest BCUT2D eigenvalue weighted by atomic mass is 15.1. The average Bonchev–Trinajstić information content (AvgIpc) is 3.12. The van der Waals surface area contributed by atoms with Gasteiger partial charge < -0.3 is 0 Å². The van der Waals surface area contributed by atoms with Crippen LogP contribution in [0.1, 0.15) is 69.5 Å². The number of hydrogen-bond acceptors (Lipinski definition) is 2. The first-order valence-electron chi connectivity index (χ1n) is 10.4. The first-order chi connectivity index (χ1) is 12.6. The summed E-state index contributed by atoms with van der Waals surface area (Å²) in [6.45, 7) is 7.97. The molecule has 1 spiro atoms. The number of hydrogen-bond donors (Lipinski definition) is 0. The predicted molar refractivity (Wildman–Crippen MR) is 109 cm³/mol. The Morgan fingerprint density at radius 2 is 1.62 bits per heavy atom. The number of nitrogens with zero attached hydrogens (tertiary/aromatic N) is 2. The van der Waals surface area contributed by atoms with Crippen molar-refractivity contribution in [2.75, 3.05) is 13.1 Å². The fourth-order valence-corrected chi connectivity index (χ4v) is 4.84. The van der Waals surface area contributed by atoms with E-state index in [4.69, 9.17) is 0 Å². The molecular formula is C24H32N2. The highest BCUT2D eigenvalue weighted by Gasteiger charge is 2.36. The fraction of sp³-hybridized carbons (Fsp3) is 0.542. The van der Waals surface area contributed by atoms with Crippen molar-refractivity contribution >= 4 is 0 Å². The monoisotopic (exact) mass is 348 g/mol. The normalized spacial score (nSPS) is 20.1. The maximum atomic E-state index is 4.65. The second kappa shape index (κ2) is 7.52. The van der Waals surface area contributed by atoms with Crippen LogP contribution in [0.4, 0.5) is 0 Å². The number of rotatable bonds is 4. The standard InChI is InChI=1S/C24H32N2/c1-19(2)20-5-7-21(8-6-20)22-9-14-25-23(17-22)18-26-15-12-24(13-16-26)10-3-4-11-24/h5-9,14,17,19H,3-4,10-13,15-16,18H2,1-2H3. The molecule has 2 aromatic rings. The zero-order valence-corrected chi connectivity index (χ0v) is 16.4. The lowest BCUT2D eigenvalue weighted by Crippen LogP contribution is -2.38. The Morgan fingerprint density at radius 3 is 2.27 bits per heavy atom. The minimum atomic E-state index is 0.583. The first-order valence-corrected chi connectivity index (χ1v) is 10.4. The van der Waals surface area contributed by atoms with Gasteiger partial charge in [-0.25, -0.2) is 0 Å². The van der Waals surface area contributed by atoms with Gasteiger partial charge in [0.1, 0.15) is 0 Å². The third-order valence-electron chi connectivity index (χ3n) is 6.69. The van der Waals surface area contributed by atoms with Crippen LogP contribution >= 0.6 is 0 Å². The number of pyridine rings is 1. The van der Waals surface area contributed by atoms with Crippen molar-refractivity contribution < 1.29 is 0 Å². The number of likely N-dealkylation sites (tertiary alicyclic amines) is 1. The topological polar surface area (TPSA) is 16.1 Å². The lowest BCUT2D eigenvalue weighted by Gasteiger charge is -2.39. The van der Waals surface area contributed by atoms with Gasteiger partial charge in [-0.3, -0.25) is 9.88 Å². The van der Waals surface area contributed by atoms with Gasteiger partial charge in [-0.2, -0.15) is 0 Å². The Bertz CT molecular complexity index is 716. The molecule has 0 radical (unpaired) electrons. The van der Waals surface area contributed by atoms with Gasteiger partial charge >= 0.3 is 0 Å². The van der Waals surface area contributed by atoms with E-state index in [-0.39, 0.29) is 0 Å². The van der Waals surface area contributed by atoms with Crippen molar-refractivity contribution in [2.45, 2.75) is 64.8 Å². The SMILES string of the molecule is CC(C)c1ccc(-c2ccnc(CN3CCC4(CCCC4)CC3)c2)cc1. The van der Waals surface area contributed by atoms with Crippen molar-refractivity contribution in [3.8, 4) is 11.1 Å². The van der Waals surface area contributed by atoms with Crippen LogP contribution in [0.15, 0.2) is 42.6 Å². The second-order valence-electron chi connectivity index (χ2n) is 8.80. The van der Waals surface area contributed by atoms with Crippen LogP contribution in [0.5, 0.6) is 0 Å². The molecule has 138 valence electrons. The van der Waals surface area contributed by atoms with Gasteiger partial charge in [-0.05, 0) is 78.9 Å². The summed E-state index contributed by atoms with van der Waals surface area (Å²) in [7, 11) is 0. The van der Waals surface area contributed by atoms with Crippen LogP contribution in [0.25, 0.3) is 11.1 Å². The average molecular weight is 349 g/mol. The summed E-state index contributed by atoms with van der Waals surface area (Å²) < 4.78 is 0.